The number of rotatable bonds is 6. The van der Waals surface area contributed by atoms with E-state index >= 15 is 0 Å². The topological polar surface area (TPSA) is 58.6 Å². The van der Waals surface area contributed by atoms with Crippen LogP contribution in [0.5, 0.6) is 0 Å². The van der Waals surface area contributed by atoms with Crippen LogP contribution < -0.4 is 5.32 Å². The highest BCUT2D eigenvalue weighted by atomic mass is 16.5. The van der Waals surface area contributed by atoms with Gasteiger partial charge in [-0.3, -0.25) is 4.79 Å². The third-order valence-corrected chi connectivity index (χ3v) is 4.29. The van der Waals surface area contributed by atoms with Gasteiger partial charge in [-0.25, -0.2) is 0 Å². The fraction of sp³-hybridized carbons (Fsp3) is 0.923. The van der Waals surface area contributed by atoms with Gasteiger partial charge in [-0.1, -0.05) is 13.8 Å². The molecule has 4 nitrogen and oxygen atoms in total. The number of hydrogen-bond acceptors (Lipinski definition) is 3. The van der Waals surface area contributed by atoms with E-state index in [4.69, 9.17) is 4.74 Å². The maximum absolute atomic E-state index is 11.2. The van der Waals surface area contributed by atoms with Crippen molar-refractivity contribution in [3.05, 3.63) is 0 Å². The maximum Gasteiger partial charge on any atom is 0.320 e. The van der Waals surface area contributed by atoms with Crippen molar-refractivity contribution in [2.75, 3.05) is 6.61 Å². The molecule has 98 valence electrons. The van der Waals surface area contributed by atoms with Gasteiger partial charge in [0.25, 0.3) is 0 Å². The summed E-state index contributed by atoms with van der Waals surface area (Å²) in [6.45, 7) is 7.04. The Morgan fingerprint density at radius 2 is 2.18 bits per heavy atom. The van der Waals surface area contributed by atoms with Gasteiger partial charge in [0.05, 0.1) is 6.10 Å². The number of carbonyl (C=O) groups is 1. The van der Waals surface area contributed by atoms with E-state index in [1.165, 1.54) is 0 Å². The van der Waals surface area contributed by atoms with Gasteiger partial charge < -0.3 is 15.2 Å². The second-order valence-electron chi connectivity index (χ2n) is 5.87. The van der Waals surface area contributed by atoms with Gasteiger partial charge in [-0.15, -0.1) is 0 Å². The number of carboxylic acids is 1. The van der Waals surface area contributed by atoms with Gasteiger partial charge in [-0.05, 0) is 32.1 Å². The molecule has 4 heteroatoms. The Balaban J connectivity index is 1.89. The van der Waals surface area contributed by atoms with Crippen LogP contribution in [0, 0.1) is 11.3 Å². The number of aliphatic carboxylic acids is 1. The summed E-state index contributed by atoms with van der Waals surface area (Å²) < 4.78 is 5.65. The van der Waals surface area contributed by atoms with Crippen LogP contribution in [-0.2, 0) is 9.53 Å². The average molecular weight is 241 g/mol. The minimum atomic E-state index is -0.705. The van der Waals surface area contributed by atoms with Gasteiger partial charge in [0.2, 0.25) is 0 Å². The van der Waals surface area contributed by atoms with Crippen LogP contribution in [0.2, 0.25) is 0 Å². The minimum Gasteiger partial charge on any atom is -0.480 e. The summed E-state index contributed by atoms with van der Waals surface area (Å²) in [4.78, 5) is 11.2. The van der Waals surface area contributed by atoms with Crippen molar-refractivity contribution in [1.82, 2.24) is 5.32 Å². The van der Waals surface area contributed by atoms with Crippen LogP contribution in [0.3, 0.4) is 0 Å². The quantitative estimate of drug-likeness (QED) is 0.742. The average Bonchev–Trinajstić information content (AvgIpc) is 3.05. The third-order valence-electron chi connectivity index (χ3n) is 4.29. The fourth-order valence-electron chi connectivity index (χ4n) is 2.71. The van der Waals surface area contributed by atoms with Crippen LogP contribution in [0.15, 0.2) is 0 Å². The zero-order valence-electron chi connectivity index (χ0n) is 10.9. The molecule has 0 aromatic rings. The van der Waals surface area contributed by atoms with Gasteiger partial charge in [0, 0.05) is 18.1 Å². The van der Waals surface area contributed by atoms with Crippen LogP contribution in [0.1, 0.15) is 40.0 Å². The van der Waals surface area contributed by atoms with E-state index in [9.17, 15) is 9.90 Å². The highest BCUT2D eigenvalue weighted by molar-refractivity contribution is 5.74. The molecule has 0 aliphatic heterocycles. The van der Waals surface area contributed by atoms with Crippen LogP contribution in [-0.4, -0.2) is 35.9 Å². The number of carboxylic acid groups (broad SMARTS) is 1. The number of nitrogens with one attached hydrogen (secondary N) is 1. The summed E-state index contributed by atoms with van der Waals surface area (Å²) in [6, 6.07) is -0.0948. The van der Waals surface area contributed by atoms with Crippen molar-refractivity contribution in [3.63, 3.8) is 0 Å². The molecule has 2 fully saturated rings. The van der Waals surface area contributed by atoms with Gasteiger partial charge in [0.15, 0.2) is 0 Å². The molecule has 2 aliphatic rings. The summed E-state index contributed by atoms with van der Waals surface area (Å²) in [5.74, 6) is -0.363. The molecule has 0 aromatic heterocycles. The molecule has 0 heterocycles. The zero-order chi connectivity index (χ0) is 12.6. The van der Waals surface area contributed by atoms with E-state index in [0.29, 0.717) is 5.92 Å². The largest absolute Gasteiger partial charge is 0.480 e. The molecule has 17 heavy (non-hydrogen) atoms. The lowest BCUT2D eigenvalue weighted by Crippen LogP contribution is -2.64. The molecule has 3 atom stereocenters. The maximum atomic E-state index is 11.2. The summed E-state index contributed by atoms with van der Waals surface area (Å²) in [7, 11) is 0. The molecule has 0 saturated heterocycles. The molecular formula is C13H23NO3. The molecule has 0 aromatic carbocycles. The first-order valence-electron chi connectivity index (χ1n) is 6.57. The first-order valence-corrected chi connectivity index (χ1v) is 6.57. The summed E-state index contributed by atoms with van der Waals surface area (Å²) >= 11 is 0. The highest BCUT2D eigenvalue weighted by Crippen LogP contribution is 2.44. The zero-order valence-corrected chi connectivity index (χ0v) is 10.9. The van der Waals surface area contributed by atoms with Gasteiger partial charge in [-0.2, -0.15) is 0 Å². The molecule has 2 aliphatic carbocycles. The second kappa shape index (κ2) is 4.58. The van der Waals surface area contributed by atoms with Crippen LogP contribution >= 0.6 is 0 Å². The Morgan fingerprint density at radius 3 is 2.59 bits per heavy atom. The van der Waals surface area contributed by atoms with E-state index in [1.807, 2.05) is 6.92 Å². The smallest absolute Gasteiger partial charge is 0.320 e. The lowest BCUT2D eigenvalue weighted by Gasteiger charge is -2.52. The normalized spacial score (nSPS) is 32.9. The lowest BCUT2D eigenvalue weighted by molar-refractivity contribution is -0.145. The molecule has 0 radical (unpaired) electrons. The highest BCUT2D eigenvalue weighted by Gasteiger charge is 2.51. The van der Waals surface area contributed by atoms with E-state index in [2.05, 4.69) is 19.2 Å². The lowest BCUT2D eigenvalue weighted by atomic mass is 9.64. The van der Waals surface area contributed by atoms with E-state index in [1.54, 1.807) is 0 Å². The Labute approximate surface area is 103 Å². The predicted molar refractivity (Wildman–Crippen MR) is 64.9 cm³/mol. The SMILES string of the molecule is CCOC1CC(NC(C(=O)O)C2CC2)C1(C)C. The summed E-state index contributed by atoms with van der Waals surface area (Å²) in [6.07, 6.45) is 3.29. The predicted octanol–water partition coefficient (Wildman–Crippen LogP) is 1.64. The molecular weight excluding hydrogens is 218 g/mol. The molecule has 0 amide bonds. The monoisotopic (exact) mass is 241 g/mol. The standard InChI is InChI=1S/C13H23NO3/c1-4-17-10-7-9(13(10,2)3)14-11(12(15)16)8-5-6-8/h8-11,14H,4-7H2,1-3H3,(H,15,16). The molecule has 0 bridgehead atoms. The molecule has 2 rings (SSSR count). The van der Waals surface area contributed by atoms with E-state index in [-0.39, 0.29) is 23.6 Å². The number of ether oxygens (including phenoxy) is 1. The van der Waals surface area contributed by atoms with Crippen LogP contribution in [0.25, 0.3) is 0 Å². The van der Waals surface area contributed by atoms with E-state index < -0.39 is 5.97 Å². The molecule has 2 saturated carbocycles. The molecule has 0 spiro atoms. The number of hydrogen-bond donors (Lipinski definition) is 2. The Kier molecular flexibility index (Phi) is 3.46. The summed E-state index contributed by atoms with van der Waals surface area (Å²) in [5.41, 5.74) is 0.0403. The Hall–Kier alpha value is -0.610. The van der Waals surface area contributed by atoms with Gasteiger partial charge in [0.1, 0.15) is 6.04 Å². The molecule has 2 N–H and O–H groups in total. The molecule has 3 unspecified atom stereocenters. The van der Waals surface area contributed by atoms with Gasteiger partial charge >= 0.3 is 5.97 Å². The fourth-order valence-corrected chi connectivity index (χ4v) is 2.71. The third kappa shape index (κ3) is 2.47. The van der Waals surface area contributed by atoms with Crippen molar-refractivity contribution >= 4 is 5.97 Å². The minimum absolute atomic E-state index is 0.0403. The van der Waals surface area contributed by atoms with Crippen molar-refractivity contribution in [1.29, 1.82) is 0 Å². The Morgan fingerprint density at radius 1 is 1.53 bits per heavy atom. The first kappa shape index (κ1) is 12.8. The summed E-state index contributed by atoms with van der Waals surface area (Å²) in [5, 5.41) is 12.5. The van der Waals surface area contributed by atoms with E-state index in [0.717, 1.165) is 25.9 Å². The first-order chi connectivity index (χ1) is 7.96. The van der Waals surface area contributed by atoms with Crippen molar-refractivity contribution in [3.8, 4) is 0 Å². The van der Waals surface area contributed by atoms with Crippen molar-refractivity contribution < 1.29 is 14.6 Å². The van der Waals surface area contributed by atoms with Crippen LogP contribution in [0.4, 0.5) is 0 Å². The second-order valence-corrected chi connectivity index (χ2v) is 5.87. The van der Waals surface area contributed by atoms with Crippen molar-refractivity contribution in [2.45, 2.75) is 58.2 Å². The Bertz CT molecular complexity index is 299. The van der Waals surface area contributed by atoms with Crippen molar-refractivity contribution in [2.24, 2.45) is 11.3 Å².